The molecule has 1 fully saturated rings. The van der Waals surface area contributed by atoms with Crippen molar-refractivity contribution in [2.45, 2.75) is 60.2 Å². The molecular weight excluding hydrogens is 350 g/mol. The Morgan fingerprint density at radius 1 is 0.864 bits per heavy atom. The molecule has 0 radical (unpaired) electrons. The van der Waals surface area contributed by atoms with Gasteiger partial charge in [0.15, 0.2) is 8.24 Å². The summed E-state index contributed by atoms with van der Waals surface area (Å²) in [6, 6.07) is 4.46. The summed E-state index contributed by atoms with van der Waals surface area (Å²) >= 11 is 3.61. The Hall–Kier alpha value is -0.283. The molecule has 1 saturated carbocycles. The van der Waals surface area contributed by atoms with Gasteiger partial charge in [0.1, 0.15) is 0 Å². The van der Waals surface area contributed by atoms with Gasteiger partial charge >= 0.3 is 0 Å². The first-order valence-corrected chi connectivity index (χ1v) is 12.5. The van der Waals surface area contributed by atoms with E-state index >= 15 is 0 Å². The van der Waals surface area contributed by atoms with E-state index in [1.165, 1.54) is 21.3 Å². The number of anilines is 1. The quantitative estimate of drug-likeness (QED) is 0.580. The van der Waals surface area contributed by atoms with Gasteiger partial charge in [-0.2, -0.15) is 0 Å². The maximum atomic E-state index is 4.04. The van der Waals surface area contributed by atoms with Crippen LogP contribution in [0.4, 0.5) is 5.69 Å². The predicted molar refractivity (Wildman–Crippen MR) is 105 cm³/mol. The minimum atomic E-state index is -1.57. The van der Waals surface area contributed by atoms with E-state index in [1.54, 1.807) is 0 Å². The van der Waals surface area contributed by atoms with E-state index in [4.69, 9.17) is 0 Å². The van der Waals surface area contributed by atoms with Crippen LogP contribution in [0.25, 0.3) is 0 Å². The molecule has 0 amide bonds. The Labute approximate surface area is 146 Å². The molecule has 0 spiro atoms. The van der Waals surface area contributed by atoms with Gasteiger partial charge in [0.05, 0.1) is 0 Å². The zero-order valence-electron chi connectivity index (χ0n) is 15.4. The Morgan fingerprint density at radius 2 is 1.27 bits per heavy atom. The van der Waals surface area contributed by atoms with Gasteiger partial charge in [0.2, 0.25) is 0 Å². The molecule has 1 aromatic carbocycles. The second-order valence-electron chi connectivity index (χ2n) is 8.22. The fourth-order valence-electron chi connectivity index (χ4n) is 4.92. The van der Waals surface area contributed by atoms with Crippen LogP contribution in [0, 0.1) is 37.5 Å². The van der Waals surface area contributed by atoms with Crippen molar-refractivity contribution in [3.05, 3.63) is 27.7 Å². The molecule has 0 aromatic heterocycles. The topological polar surface area (TPSA) is 12.0 Å². The molecule has 1 aliphatic carbocycles. The first kappa shape index (κ1) is 18.1. The first-order valence-electron chi connectivity index (χ1n) is 8.61. The normalized spacial score (nSPS) is 32.3. The van der Waals surface area contributed by atoms with E-state index in [2.05, 4.69) is 87.7 Å². The molecule has 1 nitrogen and oxygen atoms in total. The Balaban J connectivity index is 2.32. The summed E-state index contributed by atoms with van der Waals surface area (Å²) in [5.74, 6) is 3.30. The highest BCUT2D eigenvalue weighted by molar-refractivity contribution is 9.10. The van der Waals surface area contributed by atoms with Crippen molar-refractivity contribution >= 4 is 29.9 Å². The van der Waals surface area contributed by atoms with E-state index < -0.39 is 8.24 Å². The molecule has 0 bridgehead atoms. The number of aryl methyl sites for hydroxylation is 2. The van der Waals surface area contributed by atoms with Gasteiger partial charge in [-0.25, -0.2) is 0 Å². The molecule has 4 unspecified atom stereocenters. The predicted octanol–water partition coefficient (Wildman–Crippen LogP) is 6.61. The second kappa shape index (κ2) is 6.31. The highest BCUT2D eigenvalue weighted by atomic mass is 79.9. The molecule has 4 atom stereocenters. The summed E-state index contributed by atoms with van der Waals surface area (Å²) in [5, 5.41) is 0. The Kier molecular flexibility index (Phi) is 5.18. The SMILES string of the molecule is Cc1cc(Br)cc(C)c1N[Si](C)(C)C1C(C)C(C)C(C)C1C. The molecule has 1 N–H and O–H groups in total. The average molecular weight is 382 g/mol. The standard InChI is InChI=1S/C19H32BrNSi/c1-11-9-17(20)10-12(2)18(11)21-22(7,8)19-15(5)13(3)14(4)16(19)6/h9-10,13-16,19,21H,1-8H3. The van der Waals surface area contributed by atoms with Crippen molar-refractivity contribution in [2.24, 2.45) is 23.7 Å². The Bertz CT molecular complexity index is 517. The lowest BCUT2D eigenvalue weighted by molar-refractivity contribution is 0.352. The maximum absolute atomic E-state index is 4.04. The number of nitrogens with one attached hydrogen (secondary N) is 1. The molecule has 2 rings (SSSR count). The summed E-state index contributed by atoms with van der Waals surface area (Å²) in [6.45, 7) is 19.3. The van der Waals surface area contributed by atoms with Gasteiger partial charge in [0, 0.05) is 10.2 Å². The number of hydrogen-bond donors (Lipinski definition) is 1. The zero-order valence-corrected chi connectivity index (χ0v) is 18.0. The fourth-order valence-corrected chi connectivity index (χ4v) is 10.0. The molecule has 22 heavy (non-hydrogen) atoms. The maximum Gasteiger partial charge on any atom is 0.151 e. The number of hydrogen-bond acceptors (Lipinski definition) is 1. The minimum Gasteiger partial charge on any atom is -0.410 e. The Morgan fingerprint density at radius 3 is 1.68 bits per heavy atom. The summed E-state index contributed by atoms with van der Waals surface area (Å²) < 4.78 is 1.18. The smallest absolute Gasteiger partial charge is 0.151 e. The first-order chi connectivity index (χ1) is 10.1. The molecule has 0 saturated heterocycles. The second-order valence-corrected chi connectivity index (χ2v) is 13.5. The van der Waals surface area contributed by atoms with E-state index in [0.29, 0.717) is 0 Å². The van der Waals surface area contributed by atoms with Crippen LogP contribution >= 0.6 is 15.9 Å². The van der Waals surface area contributed by atoms with E-state index in [9.17, 15) is 0 Å². The lowest BCUT2D eigenvalue weighted by Gasteiger charge is -2.38. The molecule has 1 aromatic rings. The lowest BCUT2D eigenvalue weighted by atomic mass is 9.92. The summed E-state index contributed by atoms with van der Waals surface area (Å²) in [6.07, 6.45) is 0. The zero-order chi connectivity index (χ0) is 16.8. The van der Waals surface area contributed by atoms with Crippen molar-refractivity contribution < 1.29 is 0 Å². The summed E-state index contributed by atoms with van der Waals surface area (Å²) in [5.41, 5.74) is 4.91. The van der Waals surface area contributed by atoms with Crippen LogP contribution in [0.15, 0.2) is 16.6 Å². The molecule has 3 heteroatoms. The van der Waals surface area contributed by atoms with Crippen LogP contribution in [0.3, 0.4) is 0 Å². The van der Waals surface area contributed by atoms with Gasteiger partial charge in [-0.15, -0.1) is 0 Å². The number of halogens is 1. The van der Waals surface area contributed by atoms with Gasteiger partial charge < -0.3 is 4.98 Å². The van der Waals surface area contributed by atoms with Crippen LogP contribution in [0.2, 0.25) is 18.6 Å². The molecule has 0 aliphatic heterocycles. The van der Waals surface area contributed by atoms with E-state index in [-0.39, 0.29) is 0 Å². The van der Waals surface area contributed by atoms with Gasteiger partial charge in [-0.05, 0) is 66.3 Å². The number of rotatable bonds is 3. The van der Waals surface area contributed by atoms with Crippen LogP contribution in [-0.4, -0.2) is 8.24 Å². The van der Waals surface area contributed by atoms with E-state index in [0.717, 1.165) is 29.2 Å². The summed E-state index contributed by atoms with van der Waals surface area (Å²) in [7, 11) is -1.57. The van der Waals surface area contributed by atoms with Crippen LogP contribution in [-0.2, 0) is 0 Å². The van der Waals surface area contributed by atoms with E-state index in [1.807, 2.05) is 0 Å². The largest absolute Gasteiger partial charge is 0.410 e. The minimum absolute atomic E-state index is 0.815. The fraction of sp³-hybridized carbons (Fsp3) is 0.684. The van der Waals surface area contributed by atoms with Crippen molar-refractivity contribution in [3.8, 4) is 0 Å². The highest BCUT2D eigenvalue weighted by Gasteiger charge is 2.49. The van der Waals surface area contributed by atoms with Crippen LogP contribution in [0.5, 0.6) is 0 Å². The third-order valence-electron chi connectivity index (χ3n) is 6.40. The molecule has 0 heterocycles. The molecule has 124 valence electrons. The third kappa shape index (κ3) is 3.16. The van der Waals surface area contributed by atoms with Crippen molar-refractivity contribution in [2.75, 3.05) is 4.98 Å². The van der Waals surface area contributed by atoms with Gasteiger partial charge in [-0.3, -0.25) is 0 Å². The number of benzene rings is 1. The van der Waals surface area contributed by atoms with Crippen LogP contribution < -0.4 is 4.98 Å². The molecular formula is C19H32BrNSi. The van der Waals surface area contributed by atoms with Crippen LogP contribution in [0.1, 0.15) is 38.8 Å². The third-order valence-corrected chi connectivity index (χ3v) is 10.5. The lowest BCUT2D eigenvalue weighted by Crippen LogP contribution is -2.46. The van der Waals surface area contributed by atoms with Gasteiger partial charge in [-0.1, -0.05) is 56.7 Å². The monoisotopic (exact) mass is 381 g/mol. The van der Waals surface area contributed by atoms with Gasteiger partial charge in [0.25, 0.3) is 0 Å². The summed E-state index contributed by atoms with van der Waals surface area (Å²) in [4.78, 5) is 4.04. The van der Waals surface area contributed by atoms with Crippen molar-refractivity contribution in [3.63, 3.8) is 0 Å². The molecule has 1 aliphatic rings. The van der Waals surface area contributed by atoms with Crippen molar-refractivity contribution in [1.82, 2.24) is 0 Å². The average Bonchev–Trinajstić information content (AvgIpc) is 2.58. The van der Waals surface area contributed by atoms with Crippen molar-refractivity contribution in [1.29, 1.82) is 0 Å². The highest BCUT2D eigenvalue weighted by Crippen LogP contribution is 2.53.